The van der Waals surface area contributed by atoms with Gasteiger partial charge in [-0.05, 0) is 17.7 Å². The van der Waals surface area contributed by atoms with Gasteiger partial charge in [0.25, 0.3) is 0 Å². The van der Waals surface area contributed by atoms with Gasteiger partial charge in [-0.15, -0.1) is 0 Å². The van der Waals surface area contributed by atoms with Crippen LogP contribution in [0.5, 0.6) is 17.2 Å². The molecule has 1 aromatic carbocycles. The lowest BCUT2D eigenvalue weighted by molar-refractivity contribution is 0.250. The molecule has 2 rings (SSSR count). The van der Waals surface area contributed by atoms with Gasteiger partial charge in [0.05, 0.1) is 20.8 Å². The quantitative estimate of drug-likeness (QED) is 0.831. The fourth-order valence-corrected chi connectivity index (χ4v) is 1.80. The minimum Gasteiger partial charge on any atom is -0.493 e. The summed E-state index contributed by atoms with van der Waals surface area (Å²) in [6.45, 7) is 1.95. The summed E-state index contributed by atoms with van der Waals surface area (Å²) in [4.78, 5) is 4.16. The number of benzene rings is 1. The normalized spacial score (nSPS) is 10.5. The number of hydrogen-bond acceptors (Lipinski definition) is 7. The molecule has 0 fully saturated rings. The Morgan fingerprint density at radius 1 is 1.19 bits per heavy atom. The van der Waals surface area contributed by atoms with Crippen molar-refractivity contribution in [2.24, 2.45) is 0 Å². The van der Waals surface area contributed by atoms with Gasteiger partial charge in [0.1, 0.15) is 0 Å². The van der Waals surface area contributed by atoms with Crippen LogP contribution in [0.4, 0.5) is 0 Å². The molecule has 0 radical (unpaired) electrons. The molecule has 0 unspecified atom stereocenters. The van der Waals surface area contributed by atoms with E-state index in [2.05, 4.69) is 10.1 Å². The lowest BCUT2D eigenvalue weighted by Gasteiger charge is -2.14. The smallest absolute Gasteiger partial charge is 0.226 e. The van der Waals surface area contributed by atoms with Gasteiger partial charge >= 0.3 is 0 Å². The summed E-state index contributed by atoms with van der Waals surface area (Å²) in [5.74, 6) is 2.38. The molecule has 0 saturated carbocycles. The molecule has 2 aromatic rings. The van der Waals surface area contributed by atoms with E-state index in [0.717, 1.165) is 0 Å². The molecule has 0 aliphatic carbocycles. The van der Waals surface area contributed by atoms with E-state index in [-0.39, 0.29) is 13.2 Å². The molecule has 0 amide bonds. The number of aryl methyl sites for hydroxylation is 1. The Morgan fingerprint density at radius 3 is 2.33 bits per heavy atom. The number of rotatable bonds is 7. The summed E-state index contributed by atoms with van der Waals surface area (Å²) < 4.78 is 21.2. The van der Waals surface area contributed by atoms with Gasteiger partial charge in [-0.25, -0.2) is 0 Å². The lowest BCUT2D eigenvalue weighted by atomic mass is 10.2. The Labute approximate surface area is 122 Å². The largest absolute Gasteiger partial charge is 0.493 e. The van der Waals surface area contributed by atoms with Crippen molar-refractivity contribution in [2.75, 3.05) is 14.2 Å². The van der Waals surface area contributed by atoms with Crippen LogP contribution in [-0.4, -0.2) is 29.5 Å². The van der Waals surface area contributed by atoms with Gasteiger partial charge in [-0.1, -0.05) is 12.1 Å². The van der Waals surface area contributed by atoms with E-state index in [9.17, 15) is 5.11 Å². The second kappa shape index (κ2) is 6.94. The Balaban J connectivity index is 2.21. The third-order valence-electron chi connectivity index (χ3n) is 2.86. The monoisotopic (exact) mass is 294 g/mol. The topological polar surface area (TPSA) is 86.8 Å². The first-order chi connectivity index (χ1) is 10.2. The second-order valence-electron chi connectivity index (χ2n) is 4.23. The van der Waals surface area contributed by atoms with Crippen LogP contribution in [-0.2, 0) is 19.6 Å². The predicted octanol–water partition coefficient (Wildman–Crippen LogP) is 1.72. The zero-order valence-corrected chi connectivity index (χ0v) is 12.3. The number of methoxy groups -OCH3 is 2. The van der Waals surface area contributed by atoms with E-state index in [1.807, 2.05) is 6.92 Å². The van der Waals surface area contributed by atoms with E-state index < -0.39 is 0 Å². The lowest BCUT2D eigenvalue weighted by Crippen LogP contribution is -2.02. The summed E-state index contributed by atoms with van der Waals surface area (Å²) in [7, 11) is 3.04. The second-order valence-corrected chi connectivity index (χ2v) is 4.23. The summed E-state index contributed by atoms with van der Waals surface area (Å²) in [6.07, 6.45) is 0.671. The Bertz CT molecular complexity index is 572. The van der Waals surface area contributed by atoms with Gasteiger partial charge in [-0.2, -0.15) is 4.98 Å². The van der Waals surface area contributed by atoms with Crippen LogP contribution in [0.15, 0.2) is 16.7 Å². The molecule has 0 spiro atoms. The maximum absolute atomic E-state index is 9.22. The minimum absolute atomic E-state index is 0.113. The maximum Gasteiger partial charge on any atom is 0.226 e. The summed E-state index contributed by atoms with van der Waals surface area (Å²) in [5, 5.41) is 13.0. The van der Waals surface area contributed by atoms with Crippen molar-refractivity contribution < 1.29 is 23.8 Å². The van der Waals surface area contributed by atoms with Gasteiger partial charge in [-0.3, -0.25) is 0 Å². The molecule has 114 valence electrons. The Kier molecular flexibility index (Phi) is 4.99. The highest BCUT2D eigenvalue weighted by Gasteiger charge is 2.15. The average molecular weight is 294 g/mol. The van der Waals surface area contributed by atoms with Crippen molar-refractivity contribution in [1.82, 2.24) is 10.1 Å². The third-order valence-corrected chi connectivity index (χ3v) is 2.86. The molecule has 1 heterocycles. The van der Waals surface area contributed by atoms with Crippen molar-refractivity contribution in [3.8, 4) is 17.2 Å². The van der Waals surface area contributed by atoms with Crippen molar-refractivity contribution in [1.29, 1.82) is 0 Å². The molecule has 0 atom stereocenters. The van der Waals surface area contributed by atoms with Crippen LogP contribution < -0.4 is 14.2 Å². The van der Waals surface area contributed by atoms with Gasteiger partial charge in [0.2, 0.25) is 17.5 Å². The number of aromatic nitrogens is 2. The molecular weight excluding hydrogens is 276 g/mol. The molecule has 7 heteroatoms. The highest BCUT2D eigenvalue weighted by atomic mass is 16.5. The summed E-state index contributed by atoms with van der Waals surface area (Å²) >= 11 is 0. The van der Waals surface area contributed by atoms with Crippen molar-refractivity contribution >= 4 is 0 Å². The minimum atomic E-state index is -0.113. The van der Waals surface area contributed by atoms with E-state index >= 15 is 0 Å². The standard InChI is InChI=1S/C14H18N2O5/c1-4-13-15-12(16-21-13)8-20-14-10(18-2)5-9(7-17)6-11(14)19-3/h5-6,17H,4,7-8H2,1-3H3. The van der Waals surface area contributed by atoms with E-state index in [1.165, 1.54) is 14.2 Å². The first-order valence-electron chi connectivity index (χ1n) is 6.51. The zero-order valence-electron chi connectivity index (χ0n) is 12.3. The third kappa shape index (κ3) is 3.43. The van der Waals surface area contributed by atoms with Crippen LogP contribution in [0.3, 0.4) is 0 Å². The van der Waals surface area contributed by atoms with Gasteiger partial charge in [0, 0.05) is 6.42 Å². The van der Waals surface area contributed by atoms with Crippen LogP contribution in [0.2, 0.25) is 0 Å². The van der Waals surface area contributed by atoms with E-state index in [1.54, 1.807) is 12.1 Å². The molecule has 1 N–H and O–H groups in total. The Hall–Kier alpha value is -2.28. The Morgan fingerprint density at radius 2 is 1.86 bits per heavy atom. The van der Waals surface area contributed by atoms with E-state index in [4.69, 9.17) is 18.7 Å². The summed E-state index contributed by atoms with van der Waals surface area (Å²) in [6, 6.07) is 3.37. The van der Waals surface area contributed by atoms with E-state index in [0.29, 0.717) is 40.9 Å². The molecule has 0 saturated heterocycles. The maximum atomic E-state index is 9.22. The fourth-order valence-electron chi connectivity index (χ4n) is 1.80. The first kappa shape index (κ1) is 15.1. The van der Waals surface area contributed by atoms with Crippen molar-refractivity contribution in [2.45, 2.75) is 26.6 Å². The van der Waals surface area contributed by atoms with Crippen molar-refractivity contribution in [3.05, 3.63) is 29.4 Å². The van der Waals surface area contributed by atoms with Crippen LogP contribution >= 0.6 is 0 Å². The highest BCUT2D eigenvalue weighted by Crippen LogP contribution is 2.38. The SMILES string of the molecule is CCc1nc(COc2c(OC)cc(CO)cc2OC)no1. The van der Waals surface area contributed by atoms with Gasteiger partial charge in [0.15, 0.2) is 18.1 Å². The molecular formula is C14H18N2O5. The van der Waals surface area contributed by atoms with Crippen molar-refractivity contribution in [3.63, 3.8) is 0 Å². The van der Waals surface area contributed by atoms with Crippen LogP contribution in [0, 0.1) is 0 Å². The molecule has 0 aliphatic heterocycles. The van der Waals surface area contributed by atoms with Gasteiger partial charge < -0.3 is 23.8 Å². The molecule has 1 aromatic heterocycles. The zero-order chi connectivity index (χ0) is 15.2. The molecule has 21 heavy (non-hydrogen) atoms. The molecule has 0 bridgehead atoms. The number of aliphatic hydroxyl groups excluding tert-OH is 1. The average Bonchev–Trinajstić information content (AvgIpc) is 2.99. The number of nitrogens with zero attached hydrogens (tertiary/aromatic N) is 2. The number of hydrogen-bond donors (Lipinski definition) is 1. The highest BCUT2D eigenvalue weighted by molar-refractivity contribution is 5.53. The number of aliphatic hydroxyl groups is 1. The fraction of sp³-hybridized carbons (Fsp3) is 0.429. The molecule has 0 aliphatic rings. The predicted molar refractivity (Wildman–Crippen MR) is 73.5 cm³/mol. The number of ether oxygens (including phenoxy) is 3. The first-order valence-corrected chi connectivity index (χ1v) is 6.51. The van der Waals surface area contributed by atoms with Crippen LogP contribution in [0.25, 0.3) is 0 Å². The van der Waals surface area contributed by atoms with Crippen LogP contribution in [0.1, 0.15) is 24.2 Å². The summed E-state index contributed by atoms with van der Waals surface area (Å²) in [5.41, 5.74) is 0.670. The molecule has 7 nitrogen and oxygen atoms in total.